The highest BCUT2D eigenvalue weighted by Crippen LogP contribution is 2.38. The van der Waals surface area contributed by atoms with Gasteiger partial charge >= 0.3 is 0 Å². The third-order valence-electron chi connectivity index (χ3n) is 3.20. The maximum atomic E-state index is 6.00. The maximum Gasteiger partial charge on any atom is 0.139 e. The van der Waals surface area contributed by atoms with E-state index in [0.717, 1.165) is 11.5 Å². The number of hydrogen-bond donors (Lipinski definition) is 0. The molecular weight excluding hydrogens is 248 g/mol. The summed E-state index contributed by atoms with van der Waals surface area (Å²) in [5.41, 5.74) is 1.07. The summed E-state index contributed by atoms with van der Waals surface area (Å²) < 4.78 is 0. The summed E-state index contributed by atoms with van der Waals surface area (Å²) in [4.78, 5) is 15.4. The molecule has 0 saturated heterocycles. The van der Waals surface area contributed by atoms with Gasteiger partial charge in [0.05, 0.1) is 0 Å². The van der Waals surface area contributed by atoms with Crippen molar-refractivity contribution in [2.75, 3.05) is 4.90 Å². The fourth-order valence-electron chi connectivity index (χ4n) is 2.18. The van der Waals surface area contributed by atoms with Crippen molar-refractivity contribution in [1.82, 2.24) is 9.97 Å². The average Bonchev–Trinajstić information content (AvgIpc) is 3.11. The molecule has 5 heteroatoms. The van der Waals surface area contributed by atoms with Crippen molar-refractivity contribution in [2.45, 2.75) is 32.9 Å². The molecule has 1 atom stereocenters. The lowest BCUT2D eigenvalue weighted by atomic mass is 10.2. The molecule has 0 radical (unpaired) electrons. The van der Waals surface area contributed by atoms with Gasteiger partial charge in [0.1, 0.15) is 23.0 Å². The van der Waals surface area contributed by atoms with E-state index >= 15 is 0 Å². The standard InChI is InChI=1S/C13H15ClN4/c1-8-5-6-18(13(15-8)10-3-4-10)12-7-11(14)16-9(2)17-12/h5-7,10,13H,3-4H2,1-2H3/t13-/m0/s1. The Labute approximate surface area is 111 Å². The minimum atomic E-state index is 0.167. The Bertz CT molecular complexity index is 514. The van der Waals surface area contributed by atoms with Gasteiger partial charge in [-0.3, -0.25) is 4.99 Å². The van der Waals surface area contributed by atoms with E-state index in [1.54, 1.807) is 6.07 Å². The van der Waals surface area contributed by atoms with Crippen LogP contribution in [0.25, 0.3) is 0 Å². The molecule has 0 N–H and O–H groups in total. The van der Waals surface area contributed by atoms with Crippen LogP contribution >= 0.6 is 11.6 Å². The number of aryl methyl sites for hydroxylation is 1. The molecule has 0 amide bonds. The van der Waals surface area contributed by atoms with Crippen molar-refractivity contribution >= 4 is 23.1 Å². The van der Waals surface area contributed by atoms with Crippen molar-refractivity contribution in [1.29, 1.82) is 0 Å². The van der Waals surface area contributed by atoms with Gasteiger partial charge in [0, 0.05) is 23.9 Å². The molecule has 1 aliphatic carbocycles. The minimum absolute atomic E-state index is 0.167. The van der Waals surface area contributed by atoms with Crippen molar-refractivity contribution in [2.24, 2.45) is 10.9 Å². The van der Waals surface area contributed by atoms with E-state index in [0.29, 0.717) is 16.9 Å². The Kier molecular flexibility index (Phi) is 2.82. The van der Waals surface area contributed by atoms with Crippen LogP contribution in [0, 0.1) is 12.8 Å². The van der Waals surface area contributed by atoms with E-state index < -0.39 is 0 Å². The summed E-state index contributed by atoms with van der Waals surface area (Å²) in [7, 11) is 0. The molecule has 1 fully saturated rings. The van der Waals surface area contributed by atoms with Gasteiger partial charge in [-0.2, -0.15) is 0 Å². The predicted octanol–water partition coefficient (Wildman–Crippen LogP) is 2.97. The van der Waals surface area contributed by atoms with E-state index in [2.05, 4.69) is 14.9 Å². The molecular formula is C13H15ClN4. The van der Waals surface area contributed by atoms with Gasteiger partial charge in [-0.15, -0.1) is 0 Å². The normalized spacial score (nSPS) is 23.2. The molecule has 0 bridgehead atoms. The van der Waals surface area contributed by atoms with Gasteiger partial charge < -0.3 is 4.90 Å². The lowest BCUT2D eigenvalue weighted by Crippen LogP contribution is -2.34. The first-order valence-electron chi connectivity index (χ1n) is 6.15. The van der Waals surface area contributed by atoms with Gasteiger partial charge in [-0.25, -0.2) is 9.97 Å². The summed E-state index contributed by atoms with van der Waals surface area (Å²) in [5.74, 6) is 2.16. The molecule has 0 aromatic carbocycles. The van der Waals surface area contributed by atoms with Crippen LogP contribution in [0.3, 0.4) is 0 Å². The Morgan fingerprint density at radius 3 is 2.72 bits per heavy atom. The first kappa shape index (κ1) is 11.7. The molecule has 0 unspecified atom stereocenters. The zero-order chi connectivity index (χ0) is 12.7. The van der Waals surface area contributed by atoms with Gasteiger partial charge in [-0.1, -0.05) is 11.6 Å². The summed E-state index contributed by atoms with van der Waals surface area (Å²) >= 11 is 6.00. The van der Waals surface area contributed by atoms with E-state index in [1.807, 2.05) is 26.1 Å². The number of nitrogens with zero attached hydrogens (tertiary/aromatic N) is 4. The fourth-order valence-corrected chi connectivity index (χ4v) is 2.40. The Balaban J connectivity index is 1.96. The minimum Gasteiger partial charge on any atom is -0.310 e. The highest BCUT2D eigenvalue weighted by molar-refractivity contribution is 6.29. The summed E-state index contributed by atoms with van der Waals surface area (Å²) in [6.07, 6.45) is 6.70. The van der Waals surface area contributed by atoms with Crippen LogP contribution in [0.5, 0.6) is 0 Å². The van der Waals surface area contributed by atoms with E-state index in [-0.39, 0.29) is 6.17 Å². The van der Waals surface area contributed by atoms with Gasteiger partial charge in [0.15, 0.2) is 0 Å². The SMILES string of the molecule is CC1=N[C@H](C2CC2)N(c2cc(Cl)nc(C)n2)C=C1. The van der Waals surface area contributed by atoms with Gasteiger partial charge in [0.2, 0.25) is 0 Å². The molecule has 3 rings (SSSR count). The van der Waals surface area contributed by atoms with Crippen molar-refractivity contribution in [3.05, 3.63) is 29.3 Å². The molecule has 2 heterocycles. The molecule has 4 nitrogen and oxygen atoms in total. The van der Waals surface area contributed by atoms with E-state index in [9.17, 15) is 0 Å². The Morgan fingerprint density at radius 2 is 2.06 bits per heavy atom. The maximum absolute atomic E-state index is 6.00. The zero-order valence-corrected chi connectivity index (χ0v) is 11.2. The first-order valence-corrected chi connectivity index (χ1v) is 6.53. The fraction of sp³-hybridized carbons (Fsp3) is 0.462. The lowest BCUT2D eigenvalue weighted by Gasteiger charge is -2.30. The zero-order valence-electron chi connectivity index (χ0n) is 10.5. The second-order valence-electron chi connectivity index (χ2n) is 4.84. The van der Waals surface area contributed by atoms with E-state index in [4.69, 9.17) is 16.6 Å². The molecule has 1 aliphatic heterocycles. The second-order valence-corrected chi connectivity index (χ2v) is 5.23. The van der Waals surface area contributed by atoms with Crippen molar-refractivity contribution < 1.29 is 0 Å². The summed E-state index contributed by atoms with van der Waals surface area (Å²) in [5, 5.41) is 0.478. The van der Waals surface area contributed by atoms with Crippen LogP contribution in [0.1, 0.15) is 25.6 Å². The smallest absolute Gasteiger partial charge is 0.139 e. The van der Waals surface area contributed by atoms with Crippen LogP contribution in [-0.2, 0) is 0 Å². The summed E-state index contributed by atoms with van der Waals surface area (Å²) in [6.45, 7) is 3.88. The number of aromatic nitrogens is 2. The molecule has 94 valence electrons. The molecule has 2 aliphatic rings. The van der Waals surface area contributed by atoms with Crippen molar-refractivity contribution in [3.63, 3.8) is 0 Å². The highest BCUT2D eigenvalue weighted by atomic mass is 35.5. The number of aliphatic imine (C=N–C) groups is 1. The van der Waals surface area contributed by atoms with Crippen LogP contribution in [0.2, 0.25) is 5.15 Å². The number of anilines is 1. The molecule has 1 saturated carbocycles. The lowest BCUT2D eigenvalue weighted by molar-refractivity contribution is 0.591. The highest BCUT2D eigenvalue weighted by Gasteiger charge is 2.36. The third-order valence-corrected chi connectivity index (χ3v) is 3.39. The molecule has 18 heavy (non-hydrogen) atoms. The quantitative estimate of drug-likeness (QED) is 0.770. The van der Waals surface area contributed by atoms with Crippen LogP contribution < -0.4 is 4.90 Å². The topological polar surface area (TPSA) is 41.4 Å². The Hall–Kier alpha value is -1.42. The molecule has 0 spiro atoms. The number of halogens is 1. The van der Waals surface area contributed by atoms with Crippen LogP contribution in [-0.4, -0.2) is 21.8 Å². The average molecular weight is 263 g/mol. The number of hydrogen-bond acceptors (Lipinski definition) is 4. The van der Waals surface area contributed by atoms with Crippen LogP contribution in [0.15, 0.2) is 23.3 Å². The number of allylic oxidation sites excluding steroid dienone is 1. The summed E-state index contributed by atoms with van der Waals surface area (Å²) in [6, 6.07) is 1.80. The van der Waals surface area contributed by atoms with E-state index in [1.165, 1.54) is 12.8 Å². The monoisotopic (exact) mass is 262 g/mol. The second kappa shape index (κ2) is 4.35. The molecule has 1 aromatic heterocycles. The van der Waals surface area contributed by atoms with Crippen LogP contribution in [0.4, 0.5) is 5.82 Å². The Morgan fingerprint density at radius 1 is 1.28 bits per heavy atom. The van der Waals surface area contributed by atoms with Gasteiger partial charge in [0.25, 0.3) is 0 Å². The predicted molar refractivity (Wildman–Crippen MR) is 73.0 cm³/mol. The van der Waals surface area contributed by atoms with Crippen molar-refractivity contribution in [3.8, 4) is 0 Å². The third kappa shape index (κ3) is 2.25. The van der Waals surface area contributed by atoms with Gasteiger partial charge in [-0.05, 0) is 32.8 Å². The molecule has 1 aromatic rings. The first-order chi connectivity index (χ1) is 8.63. The largest absolute Gasteiger partial charge is 0.310 e. The number of rotatable bonds is 2.